The van der Waals surface area contributed by atoms with Gasteiger partial charge in [0.25, 0.3) is 5.91 Å². The molecule has 0 fully saturated rings. The maximum Gasteiger partial charge on any atom is 0.418 e. The lowest BCUT2D eigenvalue weighted by Gasteiger charge is -2.23. The first-order chi connectivity index (χ1) is 16.4. The third-order valence-corrected chi connectivity index (χ3v) is 5.24. The number of nitrogens with one attached hydrogen (secondary N) is 1. The van der Waals surface area contributed by atoms with Crippen molar-refractivity contribution >= 4 is 16.8 Å². The number of carbonyl (C=O) groups is 1. The molecule has 0 spiro atoms. The Morgan fingerprint density at radius 1 is 0.857 bits per heavy atom. The molecular weight excluding hydrogens is 476 g/mol. The number of hydrogen-bond acceptors (Lipinski definition) is 4. The summed E-state index contributed by atoms with van der Waals surface area (Å²) >= 11 is 0. The van der Waals surface area contributed by atoms with E-state index in [1.165, 1.54) is 30.5 Å². The van der Waals surface area contributed by atoms with Crippen LogP contribution >= 0.6 is 0 Å². The van der Waals surface area contributed by atoms with E-state index < -0.39 is 41.1 Å². The number of halogens is 6. The predicted molar refractivity (Wildman–Crippen MR) is 113 cm³/mol. The monoisotopic (exact) mass is 491 g/mol. The normalized spacial score (nSPS) is 13.0. The molecule has 0 saturated carbocycles. The molecule has 1 atom stereocenters. The average molecular weight is 491 g/mol. The number of fused-ring (bicyclic) bond motifs is 1. The molecule has 0 aliphatic rings. The summed E-state index contributed by atoms with van der Waals surface area (Å²) in [5.41, 5.74) is -2.40. The average Bonchev–Trinajstić information content (AvgIpc) is 2.81. The van der Waals surface area contributed by atoms with Gasteiger partial charge < -0.3 is 10.4 Å². The van der Waals surface area contributed by atoms with Gasteiger partial charge in [0.05, 0.1) is 28.4 Å². The van der Waals surface area contributed by atoms with E-state index in [-0.39, 0.29) is 22.3 Å². The van der Waals surface area contributed by atoms with E-state index in [9.17, 15) is 36.2 Å². The number of amides is 1. The summed E-state index contributed by atoms with van der Waals surface area (Å²) in [5.74, 6) is -0.994. The number of aromatic nitrogens is 2. The molecule has 5 nitrogen and oxygen atoms in total. The van der Waals surface area contributed by atoms with Crippen molar-refractivity contribution in [2.45, 2.75) is 18.4 Å². The van der Waals surface area contributed by atoms with Crippen molar-refractivity contribution < 1.29 is 36.2 Å². The maximum atomic E-state index is 13.7. The topological polar surface area (TPSA) is 75.1 Å². The molecule has 0 saturated heterocycles. The number of nitrogens with zero attached hydrogens (tertiary/aromatic N) is 2. The third-order valence-electron chi connectivity index (χ3n) is 5.24. The van der Waals surface area contributed by atoms with Crippen LogP contribution in [0.3, 0.4) is 0 Å². The Morgan fingerprint density at radius 2 is 1.57 bits per heavy atom. The van der Waals surface area contributed by atoms with E-state index >= 15 is 0 Å². The van der Waals surface area contributed by atoms with Gasteiger partial charge in [0, 0.05) is 23.3 Å². The number of alkyl halides is 6. The molecule has 180 valence electrons. The van der Waals surface area contributed by atoms with Gasteiger partial charge in [-0.2, -0.15) is 26.3 Å². The molecule has 2 heterocycles. The molecule has 2 aromatic heterocycles. The number of carbonyl (C=O) groups excluding carboxylic acids is 1. The highest BCUT2D eigenvalue weighted by atomic mass is 19.4. The van der Waals surface area contributed by atoms with Gasteiger partial charge in [-0.1, -0.05) is 12.1 Å². The van der Waals surface area contributed by atoms with Gasteiger partial charge in [-0.15, -0.1) is 0 Å². The summed E-state index contributed by atoms with van der Waals surface area (Å²) in [6.07, 6.45) is -7.04. The number of hydrogen-bond donors (Lipinski definition) is 2. The van der Waals surface area contributed by atoms with E-state index in [2.05, 4.69) is 15.3 Å². The molecular formula is C24H15F6N3O2. The van der Waals surface area contributed by atoms with Crippen molar-refractivity contribution in [1.29, 1.82) is 0 Å². The SMILES string of the molecule is O=C(NC(c1ccc(C(F)(F)F)cc1)c1ncccc1C(F)(F)F)c1ccc2nccc(O)c2c1. The first-order valence-electron chi connectivity index (χ1n) is 10.0. The second-order valence-corrected chi connectivity index (χ2v) is 7.52. The van der Waals surface area contributed by atoms with Crippen molar-refractivity contribution in [2.75, 3.05) is 0 Å². The van der Waals surface area contributed by atoms with Crippen LogP contribution in [0.15, 0.2) is 73.1 Å². The van der Waals surface area contributed by atoms with Gasteiger partial charge in [-0.25, -0.2) is 0 Å². The van der Waals surface area contributed by atoms with E-state index in [1.54, 1.807) is 0 Å². The summed E-state index contributed by atoms with van der Waals surface area (Å²) in [6.45, 7) is 0. The Balaban J connectivity index is 1.78. The molecule has 4 aromatic rings. The Kier molecular flexibility index (Phi) is 6.10. The molecule has 2 aromatic carbocycles. The first-order valence-corrected chi connectivity index (χ1v) is 10.0. The van der Waals surface area contributed by atoms with Crippen molar-refractivity contribution in [3.63, 3.8) is 0 Å². The van der Waals surface area contributed by atoms with E-state index in [1.807, 2.05) is 0 Å². The molecule has 35 heavy (non-hydrogen) atoms. The molecule has 0 aliphatic heterocycles. The van der Waals surface area contributed by atoms with Crippen molar-refractivity contribution in [3.05, 3.63) is 101 Å². The van der Waals surface area contributed by atoms with Crippen molar-refractivity contribution in [3.8, 4) is 5.75 Å². The van der Waals surface area contributed by atoms with Gasteiger partial charge in [-0.05, 0) is 54.1 Å². The predicted octanol–water partition coefficient (Wildman–Crippen LogP) is 5.89. The highest BCUT2D eigenvalue weighted by Gasteiger charge is 2.37. The second kappa shape index (κ2) is 8.90. The first kappa shape index (κ1) is 24.0. The molecule has 2 N–H and O–H groups in total. The standard InChI is InChI=1S/C24H15F6N3O2/c25-23(26,27)15-6-3-13(4-7-15)20(21-17(24(28,29)30)2-1-10-32-21)33-22(35)14-5-8-18-16(12-14)19(34)9-11-31-18/h1-12,20H,(H,31,34)(H,33,35). The lowest BCUT2D eigenvalue weighted by atomic mass is 9.97. The minimum atomic E-state index is -4.83. The van der Waals surface area contributed by atoms with Crippen LogP contribution in [0.5, 0.6) is 5.75 Å². The van der Waals surface area contributed by atoms with Gasteiger partial charge in [0.15, 0.2) is 0 Å². The molecule has 1 amide bonds. The van der Waals surface area contributed by atoms with Crippen LogP contribution in [0.4, 0.5) is 26.3 Å². The molecule has 0 bridgehead atoms. The highest BCUT2D eigenvalue weighted by molar-refractivity contribution is 5.99. The molecule has 4 rings (SSSR count). The summed E-state index contributed by atoms with van der Waals surface area (Å²) < 4.78 is 80.1. The quantitative estimate of drug-likeness (QED) is 0.349. The summed E-state index contributed by atoms with van der Waals surface area (Å²) in [6, 6.07) is 9.11. The van der Waals surface area contributed by atoms with Crippen LogP contribution in [-0.2, 0) is 12.4 Å². The second-order valence-electron chi connectivity index (χ2n) is 7.52. The summed E-state index contributed by atoms with van der Waals surface area (Å²) in [5, 5.41) is 12.7. The molecule has 0 aliphatic carbocycles. The lowest BCUT2D eigenvalue weighted by molar-refractivity contribution is -0.139. The van der Waals surface area contributed by atoms with Gasteiger partial charge in [-0.3, -0.25) is 14.8 Å². The minimum absolute atomic E-state index is 0.0119. The zero-order valence-electron chi connectivity index (χ0n) is 17.5. The van der Waals surface area contributed by atoms with Crippen LogP contribution in [-0.4, -0.2) is 21.0 Å². The van der Waals surface area contributed by atoms with Gasteiger partial charge in [0.2, 0.25) is 0 Å². The van der Waals surface area contributed by atoms with Gasteiger partial charge >= 0.3 is 12.4 Å². The molecule has 11 heteroatoms. The van der Waals surface area contributed by atoms with Crippen molar-refractivity contribution in [2.24, 2.45) is 0 Å². The minimum Gasteiger partial charge on any atom is -0.507 e. The number of rotatable bonds is 4. The number of benzene rings is 2. The summed E-state index contributed by atoms with van der Waals surface area (Å²) in [4.78, 5) is 20.9. The zero-order chi connectivity index (χ0) is 25.4. The zero-order valence-corrected chi connectivity index (χ0v) is 17.5. The Morgan fingerprint density at radius 3 is 2.23 bits per heavy atom. The maximum absolute atomic E-state index is 13.7. The number of aromatic hydroxyl groups is 1. The van der Waals surface area contributed by atoms with E-state index in [0.717, 1.165) is 30.5 Å². The highest BCUT2D eigenvalue weighted by Crippen LogP contribution is 2.37. The fraction of sp³-hybridized carbons (Fsp3) is 0.125. The van der Waals surface area contributed by atoms with Gasteiger partial charge in [0.1, 0.15) is 5.75 Å². The Hall–Kier alpha value is -4.15. The number of pyridine rings is 2. The lowest BCUT2D eigenvalue weighted by Crippen LogP contribution is -2.31. The Labute approximate surface area is 194 Å². The third kappa shape index (κ3) is 5.03. The smallest absolute Gasteiger partial charge is 0.418 e. The van der Waals surface area contributed by atoms with Crippen LogP contribution in [0.25, 0.3) is 10.9 Å². The van der Waals surface area contributed by atoms with Crippen LogP contribution < -0.4 is 5.32 Å². The van der Waals surface area contributed by atoms with Crippen LogP contribution in [0.1, 0.15) is 38.8 Å². The Bertz CT molecular complexity index is 1380. The largest absolute Gasteiger partial charge is 0.507 e. The van der Waals surface area contributed by atoms with E-state index in [0.29, 0.717) is 17.6 Å². The van der Waals surface area contributed by atoms with Crippen LogP contribution in [0, 0.1) is 0 Å². The summed E-state index contributed by atoms with van der Waals surface area (Å²) in [7, 11) is 0. The van der Waals surface area contributed by atoms with E-state index in [4.69, 9.17) is 0 Å². The fourth-order valence-corrected chi connectivity index (χ4v) is 3.55. The van der Waals surface area contributed by atoms with Crippen LogP contribution in [0.2, 0.25) is 0 Å². The van der Waals surface area contributed by atoms with Crippen molar-refractivity contribution in [1.82, 2.24) is 15.3 Å². The fourth-order valence-electron chi connectivity index (χ4n) is 3.55. The molecule has 1 unspecified atom stereocenters. The molecule has 0 radical (unpaired) electrons.